The lowest BCUT2D eigenvalue weighted by atomic mass is 9.87. The molecule has 2 atom stereocenters. The molecule has 22 heteroatoms. The van der Waals surface area contributed by atoms with E-state index in [4.69, 9.17) is 24.7 Å². The van der Waals surface area contributed by atoms with Gasteiger partial charge < -0.3 is 59.2 Å². The van der Waals surface area contributed by atoms with Gasteiger partial charge in [0.2, 0.25) is 10.9 Å². The molecule has 3 fully saturated rings. The van der Waals surface area contributed by atoms with Crippen LogP contribution in [0.1, 0.15) is 51.6 Å². The number of ether oxygens (including phenoxy) is 4. The van der Waals surface area contributed by atoms with E-state index in [1.54, 1.807) is 59.3 Å². The van der Waals surface area contributed by atoms with Gasteiger partial charge in [0.05, 0.1) is 65.2 Å². The molecule has 2 aromatic heterocycles. The first-order chi connectivity index (χ1) is 35.3. The Hall–Kier alpha value is -7.86. The highest BCUT2D eigenvalue weighted by atomic mass is 19.1. The van der Waals surface area contributed by atoms with E-state index in [9.17, 15) is 34.7 Å². The van der Waals surface area contributed by atoms with Crippen molar-refractivity contribution in [2.24, 2.45) is 5.73 Å². The number of morpholine rings is 1. The highest BCUT2D eigenvalue weighted by Gasteiger charge is 2.36. The second kappa shape index (κ2) is 20.0. The summed E-state index contributed by atoms with van der Waals surface area (Å²) in [6, 6.07) is 15.9. The zero-order chi connectivity index (χ0) is 51.2. The molecular weight excluding hydrogens is 945 g/mol. The smallest absolute Gasteiger partial charge is 0.373 e. The van der Waals surface area contributed by atoms with E-state index < -0.39 is 41.4 Å². The van der Waals surface area contributed by atoms with Gasteiger partial charge in [0, 0.05) is 76.8 Å². The zero-order valence-electron chi connectivity index (χ0n) is 39.9. The summed E-state index contributed by atoms with van der Waals surface area (Å²) >= 11 is 0. The third-order valence-electron chi connectivity index (χ3n) is 13.5. The number of amides is 1. The second-order valence-electron chi connectivity index (χ2n) is 18.3. The van der Waals surface area contributed by atoms with Crippen molar-refractivity contribution < 1.29 is 42.3 Å². The summed E-state index contributed by atoms with van der Waals surface area (Å²) < 4.78 is 57.3. The number of benzene rings is 4. The van der Waals surface area contributed by atoms with Crippen molar-refractivity contribution >= 4 is 52.1 Å². The lowest BCUT2D eigenvalue weighted by Gasteiger charge is -2.29. The van der Waals surface area contributed by atoms with Gasteiger partial charge in [-0.15, -0.1) is 0 Å². The van der Waals surface area contributed by atoms with Crippen molar-refractivity contribution in [1.29, 1.82) is 10.5 Å². The summed E-state index contributed by atoms with van der Waals surface area (Å²) in [6.45, 7) is 9.09. The van der Waals surface area contributed by atoms with Crippen molar-refractivity contribution in [2.75, 3.05) is 82.0 Å². The molecule has 73 heavy (non-hydrogen) atoms. The zero-order valence-corrected chi connectivity index (χ0v) is 39.9. The quantitative estimate of drug-likeness (QED) is 0.110. The molecule has 5 aliphatic rings. The molecule has 4 aromatic carbocycles. The number of pyridine rings is 2. The van der Waals surface area contributed by atoms with Crippen molar-refractivity contribution in [3.63, 3.8) is 0 Å². The molecule has 3 saturated heterocycles. The lowest BCUT2D eigenvalue weighted by Crippen LogP contribution is -2.42. The average molecular weight is 995 g/mol. The second-order valence-corrected chi connectivity index (χ2v) is 18.3. The van der Waals surface area contributed by atoms with Crippen LogP contribution in [0.5, 0.6) is 23.0 Å². The Morgan fingerprint density at radius 2 is 1.37 bits per heavy atom. The summed E-state index contributed by atoms with van der Waals surface area (Å²) in [6.07, 6.45) is 4.20. The largest absolute Gasteiger partial charge is 0.462 e. The Labute approximate surface area is 416 Å². The highest BCUT2D eigenvalue weighted by Crippen LogP contribution is 2.49. The number of aromatic nitrogens is 2. The predicted molar refractivity (Wildman–Crippen MR) is 267 cm³/mol. The fraction of sp³-hybridized carbons (Fsp3) is 0.333. The van der Waals surface area contributed by atoms with Crippen molar-refractivity contribution in [3.8, 4) is 46.5 Å². The maximum absolute atomic E-state index is 15.6. The van der Waals surface area contributed by atoms with Gasteiger partial charge in [-0.2, -0.15) is 10.5 Å². The van der Waals surface area contributed by atoms with Crippen LogP contribution in [0.15, 0.2) is 70.5 Å². The number of carbonyl (C=O) groups excluding carboxylic acids is 2. The van der Waals surface area contributed by atoms with Crippen molar-refractivity contribution in [1.82, 2.24) is 24.6 Å². The van der Waals surface area contributed by atoms with Gasteiger partial charge in [-0.25, -0.2) is 13.6 Å². The summed E-state index contributed by atoms with van der Waals surface area (Å²) in [5.74, 6) is -1.55. The molecule has 1 amide bonds. The van der Waals surface area contributed by atoms with E-state index in [1.807, 2.05) is 9.80 Å². The predicted octanol–water partition coefficient (Wildman–Crippen LogP) is 4.27. The van der Waals surface area contributed by atoms with E-state index in [0.29, 0.717) is 110 Å². The molecule has 374 valence electrons. The summed E-state index contributed by atoms with van der Waals surface area (Å²) in [4.78, 5) is 58.3. The van der Waals surface area contributed by atoms with E-state index in [-0.39, 0.29) is 63.5 Å². The van der Waals surface area contributed by atoms with Crippen LogP contribution >= 0.6 is 0 Å². The third kappa shape index (κ3) is 9.08. The molecule has 6 aromatic rings. The van der Waals surface area contributed by atoms with Crippen LogP contribution in [0.25, 0.3) is 33.2 Å². The Morgan fingerprint density at radius 1 is 0.822 bits per heavy atom. The molecule has 2 unspecified atom stereocenters. The number of anilines is 2. The summed E-state index contributed by atoms with van der Waals surface area (Å²) in [7, 11) is -0.705. The molecular formula is C51H49BF2N10O9. The van der Waals surface area contributed by atoms with E-state index in [2.05, 4.69) is 27.6 Å². The molecule has 19 nitrogen and oxygen atoms in total. The molecule has 0 radical (unpaired) electrons. The molecule has 0 bridgehead atoms. The normalized spacial score (nSPS) is 17.4. The standard InChI is InChI=1S/C27H27FN6O4.C24H22BFN4O5/c28-20-12-18-23-26(24(20)33-5-3-17(30)14-33)38-22-2-1-16(13-29)11-21(22)34(23)15-19(25(18)35)27(36)31-4-6-32-7-9-37-10-8-32;1-3-34-24(32)16-12-30-18-8-13(10-27)4-5-19(18)35-23-20(30)15(22(16)31)9-17(26)21(23)29-7-6-14(11-29)28-25(2)33/h1-2,11-12,15,17H,3-10,14,30H2,(H,31,36);4-5,8-9,12,14,28,33H,3,6-7,11H2,1-2H3. The maximum Gasteiger partial charge on any atom is 0.373 e. The number of carbonyl (C=O) groups is 2. The van der Waals surface area contributed by atoms with Crippen molar-refractivity contribution in [3.05, 3.63) is 115 Å². The number of hydrogen-bond acceptors (Lipinski definition) is 16. The van der Waals surface area contributed by atoms with Gasteiger partial charge in [0.1, 0.15) is 33.5 Å². The minimum absolute atomic E-state index is 0.0265. The maximum atomic E-state index is 15.6. The molecule has 5 aliphatic heterocycles. The number of fused-ring (bicyclic) bond motifs is 4. The van der Waals surface area contributed by atoms with Crippen LogP contribution in [0, 0.1) is 34.3 Å². The lowest BCUT2D eigenvalue weighted by molar-refractivity contribution is 0.0383. The molecule has 11 rings (SSSR count). The fourth-order valence-electron chi connectivity index (χ4n) is 10.1. The van der Waals surface area contributed by atoms with E-state index in [0.717, 1.165) is 19.2 Å². The van der Waals surface area contributed by atoms with E-state index >= 15 is 8.78 Å². The van der Waals surface area contributed by atoms with Gasteiger partial charge in [-0.05, 0) is 75.1 Å². The van der Waals surface area contributed by atoms with Gasteiger partial charge in [-0.3, -0.25) is 19.3 Å². The van der Waals surface area contributed by atoms with Crippen LogP contribution < -0.4 is 46.4 Å². The van der Waals surface area contributed by atoms with Crippen LogP contribution in [0.3, 0.4) is 0 Å². The number of rotatable bonds is 10. The van der Waals surface area contributed by atoms with Crippen LogP contribution in [-0.2, 0) is 9.47 Å². The molecule has 0 saturated carbocycles. The van der Waals surface area contributed by atoms with Gasteiger partial charge >= 0.3 is 13.0 Å². The Bertz CT molecular complexity index is 3460. The minimum Gasteiger partial charge on any atom is -0.462 e. The molecule has 0 spiro atoms. The Morgan fingerprint density at radius 3 is 1.90 bits per heavy atom. The Kier molecular flexibility index (Phi) is 13.3. The van der Waals surface area contributed by atoms with Crippen LogP contribution in [0.2, 0.25) is 6.82 Å². The number of halogens is 2. The number of nitrogens with two attached hydrogens (primary N) is 1. The topological polar surface area (TPSA) is 243 Å². The number of esters is 1. The minimum atomic E-state index is -0.815. The highest BCUT2D eigenvalue weighted by molar-refractivity contribution is 6.45. The SMILES string of the molecule is CCOC(=O)c1cn2c3c(c(N4CCC(NB(C)O)C4)c(F)cc3c1=O)Oc1ccc(C#N)cc1-2.N#Cc1ccc2c(c1)-n1cc(C(=O)NCCN3CCOCC3)c(=O)c3cc(F)c(N4CCC(N)C4)c(c31)O2. The number of hydrogen-bond donors (Lipinski definition) is 4. The fourth-order valence-corrected chi connectivity index (χ4v) is 10.1. The molecule has 0 aliphatic carbocycles. The van der Waals surface area contributed by atoms with Crippen LogP contribution in [0.4, 0.5) is 20.2 Å². The monoisotopic (exact) mass is 994 g/mol. The first-order valence-electron chi connectivity index (χ1n) is 24.0. The van der Waals surface area contributed by atoms with Gasteiger partial charge in [0.15, 0.2) is 34.6 Å². The first kappa shape index (κ1) is 48.8. The van der Waals surface area contributed by atoms with Gasteiger partial charge in [0.25, 0.3) is 5.91 Å². The Balaban J connectivity index is 0.000000168. The van der Waals surface area contributed by atoms with Crippen molar-refractivity contribution in [2.45, 2.75) is 38.7 Å². The van der Waals surface area contributed by atoms with Gasteiger partial charge in [-0.1, -0.05) is 0 Å². The average Bonchev–Trinajstić information content (AvgIpc) is 4.03. The summed E-state index contributed by atoms with van der Waals surface area (Å²) in [5, 5.41) is 34.4. The third-order valence-corrected chi connectivity index (χ3v) is 13.5. The van der Waals surface area contributed by atoms with Crippen LogP contribution in [-0.4, -0.2) is 122 Å². The summed E-state index contributed by atoms with van der Waals surface area (Å²) in [5.41, 5.74) is 7.22. The number of nitrogens with one attached hydrogen (secondary N) is 2. The number of nitrogens with zero attached hydrogens (tertiary/aromatic N) is 7. The molecule has 7 heterocycles. The van der Waals surface area contributed by atoms with E-state index in [1.165, 1.54) is 18.5 Å². The number of nitriles is 2. The molecule has 5 N–H and O–H groups in total. The first-order valence-corrected chi connectivity index (χ1v) is 24.0.